The number of carbonyl (C=O) groups is 4. The molecule has 0 fully saturated rings. The van der Waals surface area contributed by atoms with Crippen LogP contribution in [0.2, 0.25) is 0 Å². The molecule has 0 aromatic carbocycles. The SMILES string of the molecule is CC(=O)O.C[C](=O)[Y]([C](C)=O)[C](C)=O. The van der Waals surface area contributed by atoms with Gasteiger partial charge in [0.1, 0.15) is 0 Å². The summed E-state index contributed by atoms with van der Waals surface area (Å²) in [6.07, 6.45) is 0. The fourth-order valence-corrected chi connectivity index (χ4v) is 5.08. The molecule has 0 aliphatic rings. The van der Waals surface area contributed by atoms with Crippen molar-refractivity contribution in [2.75, 3.05) is 0 Å². The Bertz CT molecular complexity index is 221. The van der Waals surface area contributed by atoms with E-state index >= 15 is 0 Å². The van der Waals surface area contributed by atoms with Gasteiger partial charge in [-0.15, -0.1) is 0 Å². The molecule has 0 aliphatic carbocycles. The number of hydrogen-bond donors (Lipinski definition) is 1. The topological polar surface area (TPSA) is 88.5 Å². The number of carbonyl (C=O) groups excluding carboxylic acids is 3. The van der Waals surface area contributed by atoms with E-state index in [9.17, 15) is 14.4 Å². The molecule has 0 saturated carbocycles. The molecular weight excluding hydrogens is 265 g/mol. The Balaban J connectivity index is 0. The first-order chi connectivity index (χ1) is 6.20. The summed E-state index contributed by atoms with van der Waals surface area (Å²) in [5.41, 5.74) is 0. The van der Waals surface area contributed by atoms with Crippen LogP contribution in [0.5, 0.6) is 0 Å². The van der Waals surface area contributed by atoms with Gasteiger partial charge < -0.3 is 5.11 Å². The first-order valence-electron chi connectivity index (χ1n) is 3.91. The Labute approximate surface area is 92.8 Å². The van der Waals surface area contributed by atoms with Crippen molar-refractivity contribution in [1.29, 1.82) is 0 Å². The van der Waals surface area contributed by atoms with E-state index < -0.39 is 33.4 Å². The molecule has 0 aromatic heterocycles. The van der Waals surface area contributed by atoms with Gasteiger partial charge in [0.15, 0.2) is 0 Å². The van der Waals surface area contributed by atoms with Gasteiger partial charge >= 0.3 is 70.4 Å². The Hall–Kier alpha value is -0.416. The molecule has 0 unspecified atom stereocenters. The summed E-state index contributed by atoms with van der Waals surface area (Å²) in [7, 11) is 0. The molecule has 6 heteroatoms. The first kappa shape index (κ1) is 16.0. The van der Waals surface area contributed by atoms with Crippen LogP contribution in [0.25, 0.3) is 0 Å². The standard InChI is InChI=1S/C2H4O2.3C2H3O.Y/c1-2(3)4;3*1-2-3;/h1H3,(H,3,4);3*1H3;. The van der Waals surface area contributed by atoms with Gasteiger partial charge in [0.05, 0.1) is 0 Å². The molecule has 0 aliphatic heterocycles. The van der Waals surface area contributed by atoms with E-state index in [-0.39, 0.29) is 7.78 Å². The van der Waals surface area contributed by atoms with Crippen molar-refractivity contribution in [1.82, 2.24) is 0 Å². The van der Waals surface area contributed by atoms with Gasteiger partial charge in [0, 0.05) is 6.92 Å². The fraction of sp³-hybridized carbons (Fsp3) is 0.500. The van der Waals surface area contributed by atoms with Gasteiger partial charge in [0.25, 0.3) is 5.97 Å². The third-order valence-corrected chi connectivity index (χ3v) is 7.22. The Kier molecular flexibility index (Phi) is 9.09. The maximum atomic E-state index is 10.7. The number of hydrogen-bond acceptors (Lipinski definition) is 4. The van der Waals surface area contributed by atoms with E-state index in [2.05, 4.69) is 0 Å². The molecule has 1 N–H and O–H groups in total. The monoisotopic (exact) mass is 278 g/mol. The van der Waals surface area contributed by atoms with E-state index in [1.807, 2.05) is 0 Å². The molecule has 5 nitrogen and oxygen atoms in total. The van der Waals surface area contributed by atoms with Crippen molar-refractivity contribution in [2.24, 2.45) is 0 Å². The quantitative estimate of drug-likeness (QED) is 0.803. The van der Waals surface area contributed by atoms with E-state index in [1.165, 1.54) is 20.8 Å². The predicted octanol–water partition coefficient (Wildman–Crippen LogP) is 0.335. The average molecular weight is 278 g/mol. The summed E-state index contributed by atoms with van der Waals surface area (Å²) in [5.74, 6) is -0.833. The second kappa shape index (κ2) is 7.94. The van der Waals surface area contributed by atoms with Crippen molar-refractivity contribution in [2.45, 2.75) is 27.7 Å². The van der Waals surface area contributed by atoms with E-state index in [1.54, 1.807) is 0 Å². The summed E-state index contributed by atoms with van der Waals surface area (Å²) in [6, 6.07) is 0. The van der Waals surface area contributed by atoms with Gasteiger partial charge in [0.2, 0.25) is 0 Å². The zero-order valence-corrected chi connectivity index (χ0v) is 11.5. The number of aliphatic carboxylic acids is 1. The van der Waals surface area contributed by atoms with Crippen LogP contribution in [0.3, 0.4) is 0 Å². The van der Waals surface area contributed by atoms with E-state index in [4.69, 9.17) is 9.90 Å². The predicted molar refractivity (Wildman–Crippen MR) is 45.4 cm³/mol. The van der Waals surface area contributed by atoms with Crippen LogP contribution in [-0.4, -0.2) is 18.9 Å². The molecule has 0 saturated heterocycles. The van der Waals surface area contributed by atoms with Crippen LogP contribution in [0.1, 0.15) is 27.7 Å². The van der Waals surface area contributed by atoms with Crippen LogP contribution in [0.15, 0.2) is 0 Å². The minimum atomic E-state index is -3.06. The minimum absolute atomic E-state index is 0.165. The zero-order chi connectivity index (χ0) is 11.9. The summed E-state index contributed by atoms with van der Waals surface area (Å²) in [5, 5.41) is 7.42. The fourth-order valence-electron chi connectivity index (χ4n) is 0.859. The molecule has 14 heavy (non-hydrogen) atoms. The van der Waals surface area contributed by atoms with Crippen molar-refractivity contribution in [3.63, 3.8) is 0 Å². The normalized spacial score (nSPS) is 8.00. The molecule has 0 rings (SSSR count). The van der Waals surface area contributed by atoms with Gasteiger partial charge in [-0.05, 0) is 0 Å². The van der Waals surface area contributed by atoms with Crippen LogP contribution in [-0.2, 0) is 46.6 Å². The second-order valence-electron chi connectivity index (χ2n) is 2.78. The third kappa shape index (κ3) is 9.67. The maximum absolute atomic E-state index is 10.7. The van der Waals surface area contributed by atoms with Crippen LogP contribution < -0.4 is 0 Å². The average Bonchev–Trinajstić information content (AvgIpc) is 1.80. The molecule has 0 spiro atoms. The Morgan fingerprint density at radius 1 is 0.786 bits per heavy atom. The van der Waals surface area contributed by atoms with E-state index in [0.29, 0.717) is 0 Å². The summed E-state index contributed by atoms with van der Waals surface area (Å²) in [4.78, 5) is 41.0. The van der Waals surface area contributed by atoms with Crippen molar-refractivity contribution in [3.05, 3.63) is 0 Å². The molecule has 0 heterocycles. The molecule has 78 valence electrons. The molecule has 0 amide bonds. The van der Waals surface area contributed by atoms with Crippen molar-refractivity contribution in [3.8, 4) is 0 Å². The molecule has 0 radical (unpaired) electrons. The molecule has 0 aromatic rings. The number of rotatable bonds is 3. The van der Waals surface area contributed by atoms with Gasteiger partial charge in [-0.25, -0.2) is 0 Å². The zero-order valence-electron chi connectivity index (χ0n) is 8.66. The Morgan fingerprint density at radius 3 is 0.929 bits per heavy atom. The van der Waals surface area contributed by atoms with Crippen molar-refractivity contribution >= 4 is 13.8 Å². The molecule has 0 bridgehead atoms. The van der Waals surface area contributed by atoms with Crippen molar-refractivity contribution < 1.29 is 51.7 Å². The van der Waals surface area contributed by atoms with Crippen LogP contribution >= 0.6 is 0 Å². The number of carboxylic acids is 1. The summed E-state index contributed by atoms with van der Waals surface area (Å²) < 4.78 is -0.495. The summed E-state index contributed by atoms with van der Waals surface area (Å²) in [6.45, 7) is 5.09. The van der Waals surface area contributed by atoms with Crippen LogP contribution in [0, 0.1) is 0 Å². The first-order valence-corrected chi connectivity index (χ1v) is 8.16. The summed E-state index contributed by atoms with van der Waals surface area (Å²) >= 11 is -3.06. The third-order valence-electron chi connectivity index (χ3n) is 1.22. The van der Waals surface area contributed by atoms with Gasteiger partial charge in [-0.3, -0.25) is 4.79 Å². The molecular formula is C8H13O5Y. The second-order valence-corrected chi connectivity index (χ2v) is 10.9. The number of carboxylic acid groups (broad SMARTS) is 1. The molecule has 0 atom stereocenters. The van der Waals surface area contributed by atoms with E-state index in [0.717, 1.165) is 6.92 Å². The Morgan fingerprint density at radius 2 is 0.929 bits per heavy atom. The van der Waals surface area contributed by atoms with Gasteiger partial charge in [-0.1, -0.05) is 0 Å². The van der Waals surface area contributed by atoms with Crippen LogP contribution in [0.4, 0.5) is 0 Å². The van der Waals surface area contributed by atoms with Gasteiger partial charge in [-0.2, -0.15) is 0 Å².